The molecule has 0 radical (unpaired) electrons. The van der Waals surface area contributed by atoms with Crippen LogP contribution in [0.25, 0.3) is 0 Å². The van der Waals surface area contributed by atoms with E-state index in [1.54, 1.807) is 0 Å². The Morgan fingerprint density at radius 3 is 1.57 bits per heavy atom. The third kappa shape index (κ3) is 5.25. The summed E-state index contributed by atoms with van der Waals surface area (Å²) >= 11 is 0. The molecule has 0 aliphatic rings. The largest absolute Gasteiger partial charge is 0.493 e. The first-order valence-corrected chi connectivity index (χ1v) is 7.64. The minimum Gasteiger partial charge on any atom is -0.493 e. The van der Waals surface area contributed by atoms with Gasteiger partial charge in [0.05, 0.1) is 13.2 Å². The van der Waals surface area contributed by atoms with Gasteiger partial charge >= 0.3 is 0 Å². The summed E-state index contributed by atoms with van der Waals surface area (Å²) < 4.78 is 11.4. The van der Waals surface area contributed by atoms with Gasteiger partial charge in [-0.2, -0.15) is 0 Å². The van der Waals surface area contributed by atoms with Crippen molar-refractivity contribution in [2.45, 2.75) is 19.3 Å². The van der Waals surface area contributed by atoms with Gasteiger partial charge in [0.2, 0.25) is 0 Å². The first-order valence-electron chi connectivity index (χ1n) is 7.64. The highest BCUT2D eigenvalue weighted by Gasteiger charge is 2.04. The summed E-state index contributed by atoms with van der Waals surface area (Å²) in [6, 6.07) is 15.0. The molecule has 2 aromatic rings. The molecule has 0 aliphatic carbocycles. The fourth-order valence-electron chi connectivity index (χ4n) is 2.23. The summed E-state index contributed by atoms with van der Waals surface area (Å²) in [4.78, 5) is 21.3. The van der Waals surface area contributed by atoms with Crippen LogP contribution in [0.5, 0.6) is 11.5 Å². The molecular weight excluding hydrogens is 292 g/mol. The van der Waals surface area contributed by atoms with Crippen LogP contribution < -0.4 is 9.47 Å². The second kappa shape index (κ2) is 9.41. The van der Waals surface area contributed by atoms with E-state index in [0.717, 1.165) is 35.2 Å². The Kier molecular flexibility index (Phi) is 6.85. The number of aldehydes is 2. The van der Waals surface area contributed by atoms with Crippen LogP contribution in [0.1, 0.15) is 17.5 Å². The number of carbonyl (C=O) groups is 2. The lowest BCUT2D eigenvalue weighted by Crippen LogP contribution is -2.07. The van der Waals surface area contributed by atoms with Crippen molar-refractivity contribution in [3.05, 3.63) is 59.7 Å². The van der Waals surface area contributed by atoms with E-state index in [1.165, 1.54) is 0 Å². The Labute approximate surface area is 136 Å². The summed E-state index contributed by atoms with van der Waals surface area (Å²) in [5.74, 6) is 1.47. The quantitative estimate of drug-likeness (QED) is 0.500. The van der Waals surface area contributed by atoms with Gasteiger partial charge in [-0.3, -0.25) is 0 Å². The van der Waals surface area contributed by atoms with Gasteiger partial charge in [-0.05, 0) is 12.1 Å². The van der Waals surface area contributed by atoms with Crippen LogP contribution in [-0.4, -0.2) is 25.8 Å². The molecule has 4 nitrogen and oxygen atoms in total. The molecule has 0 saturated heterocycles. The molecule has 0 heterocycles. The van der Waals surface area contributed by atoms with Crippen molar-refractivity contribution in [3.8, 4) is 11.5 Å². The van der Waals surface area contributed by atoms with E-state index in [0.29, 0.717) is 32.5 Å². The fraction of sp³-hybridized carbons (Fsp3) is 0.263. The van der Waals surface area contributed by atoms with Crippen molar-refractivity contribution < 1.29 is 19.1 Å². The molecule has 0 amide bonds. The van der Waals surface area contributed by atoms with Crippen LogP contribution >= 0.6 is 0 Å². The van der Waals surface area contributed by atoms with Gasteiger partial charge in [0.15, 0.2) is 0 Å². The topological polar surface area (TPSA) is 52.6 Å². The molecule has 0 bridgehead atoms. The normalized spacial score (nSPS) is 10.1. The third-order valence-electron chi connectivity index (χ3n) is 3.36. The molecular formula is C19H20O4. The van der Waals surface area contributed by atoms with Gasteiger partial charge in [-0.15, -0.1) is 0 Å². The maximum atomic E-state index is 10.6. The summed E-state index contributed by atoms with van der Waals surface area (Å²) in [6.07, 6.45) is 3.16. The van der Waals surface area contributed by atoms with Gasteiger partial charge in [-0.1, -0.05) is 36.4 Å². The smallest absolute Gasteiger partial charge is 0.124 e. The number of carbonyl (C=O) groups excluding carboxylic acids is 2. The first kappa shape index (κ1) is 16.7. The molecule has 120 valence electrons. The standard InChI is InChI=1S/C19H20O4/c20-12-10-16-6-1-3-8-18(16)22-14-5-15-23-19-9-4-2-7-17(19)11-13-21/h1-4,6-9,12-13H,5,10-11,14-15H2. The van der Waals surface area contributed by atoms with E-state index >= 15 is 0 Å². The van der Waals surface area contributed by atoms with Crippen molar-refractivity contribution in [2.24, 2.45) is 0 Å². The van der Waals surface area contributed by atoms with Gasteiger partial charge < -0.3 is 19.1 Å². The molecule has 0 N–H and O–H groups in total. The SMILES string of the molecule is O=CCc1ccccc1OCCCOc1ccccc1CC=O. The predicted octanol–water partition coefficient (Wildman–Crippen LogP) is 3.02. The summed E-state index contributed by atoms with van der Waals surface area (Å²) in [7, 11) is 0. The van der Waals surface area contributed by atoms with E-state index in [1.807, 2.05) is 48.5 Å². The highest BCUT2D eigenvalue weighted by molar-refractivity contribution is 5.58. The van der Waals surface area contributed by atoms with Crippen LogP contribution in [0.2, 0.25) is 0 Å². The maximum absolute atomic E-state index is 10.6. The number of hydrogen-bond acceptors (Lipinski definition) is 4. The van der Waals surface area contributed by atoms with Crippen LogP contribution in [0.4, 0.5) is 0 Å². The number of hydrogen-bond donors (Lipinski definition) is 0. The van der Waals surface area contributed by atoms with Gasteiger partial charge in [-0.25, -0.2) is 0 Å². The average molecular weight is 312 g/mol. The van der Waals surface area contributed by atoms with E-state index in [2.05, 4.69) is 0 Å². The minimum absolute atomic E-state index is 0.353. The lowest BCUT2D eigenvalue weighted by molar-refractivity contribution is -0.108. The van der Waals surface area contributed by atoms with E-state index < -0.39 is 0 Å². The number of benzene rings is 2. The van der Waals surface area contributed by atoms with Crippen molar-refractivity contribution in [3.63, 3.8) is 0 Å². The molecule has 0 aliphatic heterocycles. The van der Waals surface area contributed by atoms with E-state index in [-0.39, 0.29) is 0 Å². The number of rotatable bonds is 10. The lowest BCUT2D eigenvalue weighted by Gasteiger charge is -2.12. The molecule has 4 heteroatoms. The first-order chi connectivity index (χ1) is 11.3. The van der Waals surface area contributed by atoms with Gasteiger partial charge in [0.25, 0.3) is 0 Å². The van der Waals surface area contributed by atoms with Crippen molar-refractivity contribution in [1.29, 1.82) is 0 Å². The van der Waals surface area contributed by atoms with Crippen LogP contribution in [0.15, 0.2) is 48.5 Å². The van der Waals surface area contributed by atoms with E-state index in [9.17, 15) is 9.59 Å². The van der Waals surface area contributed by atoms with Crippen LogP contribution in [-0.2, 0) is 22.4 Å². The zero-order valence-corrected chi connectivity index (χ0v) is 12.9. The van der Waals surface area contributed by atoms with Crippen molar-refractivity contribution in [1.82, 2.24) is 0 Å². The Hall–Kier alpha value is -2.62. The molecule has 0 atom stereocenters. The Bertz CT molecular complexity index is 581. The van der Waals surface area contributed by atoms with Crippen LogP contribution in [0, 0.1) is 0 Å². The second-order valence-electron chi connectivity index (χ2n) is 5.01. The van der Waals surface area contributed by atoms with E-state index in [4.69, 9.17) is 9.47 Å². The molecule has 0 saturated carbocycles. The zero-order valence-electron chi connectivity index (χ0n) is 12.9. The highest BCUT2D eigenvalue weighted by atomic mass is 16.5. The molecule has 0 spiro atoms. The highest BCUT2D eigenvalue weighted by Crippen LogP contribution is 2.19. The molecule has 0 aromatic heterocycles. The monoisotopic (exact) mass is 312 g/mol. The van der Waals surface area contributed by atoms with Crippen molar-refractivity contribution in [2.75, 3.05) is 13.2 Å². The molecule has 2 aromatic carbocycles. The zero-order chi connectivity index (χ0) is 16.3. The molecule has 23 heavy (non-hydrogen) atoms. The second-order valence-corrected chi connectivity index (χ2v) is 5.01. The van der Waals surface area contributed by atoms with Crippen LogP contribution in [0.3, 0.4) is 0 Å². The number of para-hydroxylation sites is 2. The Morgan fingerprint density at radius 1 is 0.696 bits per heavy atom. The Balaban J connectivity index is 1.78. The third-order valence-corrected chi connectivity index (χ3v) is 3.36. The Morgan fingerprint density at radius 2 is 1.13 bits per heavy atom. The molecule has 0 unspecified atom stereocenters. The maximum Gasteiger partial charge on any atom is 0.124 e. The lowest BCUT2D eigenvalue weighted by atomic mass is 10.1. The van der Waals surface area contributed by atoms with Gasteiger partial charge in [0.1, 0.15) is 24.1 Å². The number of ether oxygens (including phenoxy) is 2. The van der Waals surface area contributed by atoms with Crippen molar-refractivity contribution >= 4 is 12.6 Å². The summed E-state index contributed by atoms with van der Waals surface area (Å²) in [5.41, 5.74) is 1.78. The summed E-state index contributed by atoms with van der Waals surface area (Å²) in [6.45, 7) is 1.01. The van der Waals surface area contributed by atoms with Gasteiger partial charge in [0, 0.05) is 30.4 Å². The minimum atomic E-state index is 0.353. The molecule has 0 fully saturated rings. The molecule has 2 rings (SSSR count). The summed E-state index contributed by atoms with van der Waals surface area (Å²) in [5, 5.41) is 0. The average Bonchev–Trinajstić information content (AvgIpc) is 2.58. The predicted molar refractivity (Wildman–Crippen MR) is 88.0 cm³/mol. The fourth-order valence-corrected chi connectivity index (χ4v) is 2.23.